The monoisotopic (exact) mass is 392 g/mol. The summed E-state index contributed by atoms with van der Waals surface area (Å²) in [6.07, 6.45) is 5.36. The summed E-state index contributed by atoms with van der Waals surface area (Å²) in [6.45, 7) is 1.95. The van der Waals surface area contributed by atoms with Crippen molar-refractivity contribution < 1.29 is 9.26 Å². The number of piperidine rings is 1. The molecule has 0 radical (unpaired) electrons. The normalized spacial score (nSPS) is 15.3. The summed E-state index contributed by atoms with van der Waals surface area (Å²) < 4.78 is 12.2. The van der Waals surface area contributed by atoms with E-state index in [1.165, 1.54) is 0 Å². The summed E-state index contributed by atoms with van der Waals surface area (Å²) in [5.74, 6) is 1.70. The number of hydrogen-bond acceptors (Lipinski definition) is 9. The van der Waals surface area contributed by atoms with Crippen LogP contribution in [0.5, 0.6) is 0 Å². The molecule has 1 fully saturated rings. The van der Waals surface area contributed by atoms with Gasteiger partial charge in [-0.15, -0.1) is 10.2 Å². The highest BCUT2D eigenvalue weighted by atomic mass is 16.5. The minimum absolute atomic E-state index is 0.263. The minimum Gasteiger partial charge on any atom is -0.377 e. The quantitative estimate of drug-likeness (QED) is 0.504. The van der Waals surface area contributed by atoms with Gasteiger partial charge in [0.25, 0.3) is 0 Å². The molecule has 4 aromatic rings. The number of nitrogens with zero attached hydrogens (tertiary/aromatic N) is 8. The van der Waals surface area contributed by atoms with Crippen LogP contribution in [0.15, 0.2) is 41.2 Å². The van der Waals surface area contributed by atoms with Gasteiger partial charge in [0, 0.05) is 44.1 Å². The SMILES string of the molecule is COCc1noc(N2CCC(c3nnc4ccc(-c5cccnc5)nn34)CC2)n1. The third kappa shape index (κ3) is 3.42. The van der Waals surface area contributed by atoms with Crippen LogP contribution in [-0.2, 0) is 11.3 Å². The van der Waals surface area contributed by atoms with Gasteiger partial charge in [-0.05, 0) is 37.1 Å². The maximum Gasteiger partial charge on any atom is 0.324 e. The summed E-state index contributed by atoms with van der Waals surface area (Å²) in [5.41, 5.74) is 2.56. The summed E-state index contributed by atoms with van der Waals surface area (Å²) in [5, 5.41) is 17.4. The summed E-state index contributed by atoms with van der Waals surface area (Å²) >= 11 is 0. The van der Waals surface area contributed by atoms with Gasteiger partial charge >= 0.3 is 6.01 Å². The summed E-state index contributed by atoms with van der Waals surface area (Å²) in [4.78, 5) is 10.7. The molecule has 0 aliphatic carbocycles. The van der Waals surface area contributed by atoms with E-state index in [9.17, 15) is 0 Å². The number of fused-ring (bicyclic) bond motifs is 1. The van der Waals surface area contributed by atoms with E-state index in [2.05, 4.69) is 30.2 Å². The number of anilines is 1. The third-order valence-corrected chi connectivity index (χ3v) is 5.11. The van der Waals surface area contributed by atoms with Crippen LogP contribution in [0.1, 0.15) is 30.4 Å². The molecule has 0 saturated carbocycles. The van der Waals surface area contributed by atoms with Crippen molar-refractivity contribution in [2.24, 2.45) is 0 Å². The molecule has 4 aromatic heterocycles. The van der Waals surface area contributed by atoms with E-state index in [0.717, 1.165) is 48.7 Å². The second-order valence-electron chi connectivity index (χ2n) is 6.98. The van der Waals surface area contributed by atoms with Crippen LogP contribution in [0.25, 0.3) is 16.9 Å². The van der Waals surface area contributed by atoms with Crippen LogP contribution in [0.2, 0.25) is 0 Å². The summed E-state index contributed by atoms with van der Waals surface area (Å²) in [7, 11) is 1.61. The second kappa shape index (κ2) is 7.55. The minimum atomic E-state index is 0.263. The Labute approximate surface area is 166 Å². The smallest absolute Gasteiger partial charge is 0.324 e. The van der Waals surface area contributed by atoms with E-state index in [1.54, 1.807) is 19.5 Å². The zero-order valence-corrected chi connectivity index (χ0v) is 16.0. The van der Waals surface area contributed by atoms with Crippen molar-refractivity contribution in [2.75, 3.05) is 25.1 Å². The molecule has 5 heterocycles. The Hall–Kier alpha value is -3.40. The van der Waals surface area contributed by atoms with Gasteiger partial charge in [-0.2, -0.15) is 14.6 Å². The number of ether oxygens (including phenoxy) is 1. The highest BCUT2D eigenvalue weighted by molar-refractivity contribution is 5.58. The first-order valence-corrected chi connectivity index (χ1v) is 9.51. The van der Waals surface area contributed by atoms with Crippen LogP contribution in [0, 0.1) is 0 Å². The Bertz CT molecular complexity index is 1100. The number of rotatable bonds is 5. The Morgan fingerprint density at radius 3 is 2.86 bits per heavy atom. The Kier molecular flexibility index (Phi) is 4.60. The average molecular weight is 392 g/mol. The predicted molar refractivity (Wildman–Crippen MR) is 103 cm³/mol. The molecule has 1 saturated heterocycles. The first-order valence-electron chi connectivity index (χ1n) is 9.51. The fourth-order valence-electron chi connectivity index (χ4n) is 3.62. The largest absolute Gasteiger partial charge is 0.377 e. The van der Waals surface area contributed by atoms with Crippen molar-refractivity contribution >= 4 is 11.7 Å². The lowest BCUT2D eigenvalue weighted by atomic mass is 9.96. The van der Waals surface area contributed by atoms with Crippen LogP contribution in [-0.4, -0.2) is 55.1 Å². The molecule has 0 aromatic carbocycles. The number of pyridine rings is 1. The number of methoxy groups -OCH3 is 1. The van der Waals surface area contributed by atoms with Crippen molar-refractivity contribution in [3.8, 4) is 11.3 Å². The van der Waals surface area contributed by atoms with Crippen molar-refractivity contribution in [1.29, 1.82) is 0 Å². The van der Waals surface area contributed by atoms with Crippen LogP contribution >= 0.6 is 0 Å². The van der Waals surface area contributed by atoms with E-state index in [0.29, 0.717) is 18.4 Å². The molecule has 0 N–H and O–H groups in total. The molecule has 0 atom stereocenters. The first-order chi connectivity index (χ1) is 14.3. The number of aromatic nitrogens is 7. The summed E-state index contributed by atoms with van der Waals surface area (Å²) in [6, 6.07) is 8.32. The highest BCUT2D eigenvalue weighted by Gasteiger charge is 2.27. The molecule has 0 bridgehead atoms. The maximum atomic E-state index is 5.35. The molecule has 29 heavy (non-hydrogen) atoms. The molecular weight excluding hydrogens is 372 g/mol. The van der Waals surface area contributed by atoms with E-state index in [4.69, 9.17) is 14.4 Å². The lowest BCUT2D eigenvalue weighted by Crippen LogP contribution is -2.33. The first kappa shape index (κ1) is 17.7. The topological polar surface area (TPSA) is 107 Å². The lowest BCUT2D eigenvalue weighted by molar-refractivity contribution is 0.174. The Balaban J connectivity index is 1.35. The van der Waals surface area contributed by atoms with Gasteiger partial charge in [0.1, 0.15) is 6.61 Å². The van der Waals surface area contributed by atoms with Gasteiger partial charge in [0.15, 0.2) is 17.3 Å². The van der Waals surface area contributed by atoms with Crippen molar-refractivity contribution in [3.05, 3.63) is 48.3 Å². The van der Waals surface area contributed by atoms with E-state index in [1.807, 2.05) is 28.8 Å². The lowest BCUT2D eigenvalue weighted by Gasteiger charge is -2.29. The molecule has 0 amide bonds. The maximum absolute atomic E-state index is 5.35. The molecule has 10 heteroatoms. The van der Waals surface area contributed by atoms with E-state index >= 15 is 0 Å². The van der Waals surface area contributed by atoms with E-state index in [-0.39, 0.29) is 5.92 Å². The fraction of sp³-hybridized carbons (Fsp3) is 0.368. The van der Waals surface area contributed by atoms with Crippen molar-refractivity contribution in [2.45, 2.75) is 25.4 Å². The molecule has 1 aliphatic heterocycles. The second-order valence-corrected chi connectivity index (χ2v) is 6.98. The molecular formula is C19H20N8O2. The van der Waals surface area contributed by atoms with Crippen molar-refractivity contribution in [3.63, 3.8) is 0 Å². The highest BCUT2D eigenvalue weighted by Crippen LogP contribution is 2.29. The third-order valence-electron chi connectivity index (χ3n) is 5.11. The van der Waals surface area contributed by atoms with Crippen LogP contribution < -0.4 is 4.90 Å². The molecule has 148 valence electrons. The molecule has 1 aliphatic rings. The zero-order chi connectivity index (χ0) is 19.6. The Morgan fingerprint density at radius 2 is 2.07 bits per heavy atom. The Morgan fingerprint density at radius 1 is 1.17 bits per heavy atom. The molecule has 5 rings (SSSR count). The zero-order valence-electron chi connectivity index (χ0n) is 16.0. The van der Waals surface area contributed by atoms with Gasteiger partial charge in [-0.1, -0.05) is 5.16 Å². The van der Waals surface area contributed by atoms with Gasteiger partial charge < -0.3 is 14.2 Å². The predicted octanol–water partition coefficient (Wildman–Crippen LogP) is 2.10. The van der Waals surface area contributed by atoms with Gasteiger partial charge in [0.2, 0.25) is 0 Å². The van der Waals surface area contributed by atoms with Crippen molar-refractivity contribution in [1.82, 2.24) is 34.9 Å². The van der Waals surface area contributed by atoms with E-state index < -0.39 is 0 Å². The van der Waals surface area contributed by atoms with Crippen LogP contribution in [0.3, 0.4) is 0 Å². The molecule has 10 nitrogen and oxygen atoms in total. The molecule has 0 unspecified atom stereocenters. The van der Waals surface area contributed by atoms with Gasteiger partial charge in [-0.25, -0.2) is 0 Å². The average Bonchev–Trinajstić information content (AvgIpc) is 3.41. The van der Waals surface area contributed by atoms with Gasteiger partial charge in [0.05, 0.1) is 5.69 Å². The fourth-order valence-corrected chi connectivity index (χ4v) is 3.62. The molecule has 0 spiro atoms. The van der Waals surface area contributed by atoms with Gasteiger partial charge in [-0.3, -0.25) is 4.98 Å². The number of hydrogen-bond donors (Lipinski definition) is 0. The van der Waals surface area contributed by atoms with Crippen LogP contribution in [0.4, 0.5) is 6.01 Å². The standard InChI is InChI=1S/C19H20N8O2/c1-28-12-16-21-19(29-25-16)26-9-6-13(7-10-26)18-23-22-17-5-4-15(24-27(17)18)14-3-2-8-20-11-14/h2-5,8,11,13H,6-7,9-10,12H2,1H3.